The second-order valence-electron chi connectivity index (χ2n) is 2.64. The van der Waals surface area contributed by atoms with Crippen LogP contribution in [-0.4, -0.2) is 9.55 Å². The van der Waals surface area contributed by atoms with Gasteiger partial charge in [0.15, 0.2) is 0 Å². The Balaban J connectivity index is 0.000000845. The van der Waals surface area contributed by atoms with E-state index in [1.807, 2.05) is 42.1 Å². The standard InChI is InChI=1S/C10H9N2.Pt/c1-12-8-7-11-10(12)9-5-3-2-4-6-9;/h2-5,7-8H,1H3;/q-1;. The van der Waals surface area contributed by atoms with E-state index in [2.05, 4.69) is 11.1 Å². The summed E-state index contributed by atoms with van der Waals surface area (Å²) in [5.74, 6) is 0.954. The maximum atomic E-state index is 4.22. The minimum atomic E-state index is 0. The molecule has 0 spiro atoms. The molecule has 1 aromatic carbocycles. The SMILES string of the molecule is Cn1ccnc1-c1[c-]cccc1.[Pt]. The Morgan fingerprint density at radius 2 is 2.23 bits per heavy atom. The zero-order chi connectivity index (χ0) is 8.39. The zero-order valence-corrected chi connectivity index (χ0v) is 9.45. The molecular formula is C10H9N2Pt-. The van der Waals surface area contributed by atoms with Gasteiger partial charge >= 0.3 is 0 Å². The summed E-state index contributed by atoms with van der Waals surface area (Å²) in [4.78, 5) is 4.22. The summed E-state index contributed by atoms with van der Waals surface area (Å²) in [7, 11) is 1.98. The van der Waals surface area contributed by atoms with Crippen molar-refractivity contribution in [1.82, 2.24) is 9.55 Å². The van der Waals surface area contributed by atoms with Crippen LogP contribution in [0.4, 0.5) is 0 Å². The third kappa shape index (κ3) is 2.07. The predicted molar refractivity (Wildman–Crippen MR) is 47.5 cm³/mol. The van der Waals surface area contributed by atoms with E-state index in [9.17, 15) is 0 Å². The maximum absolute atomic E-state index is 4.22. The second-order valence-corrected chi connectivity index (χ2v) is 2.64. The fraction of sp³-hybridized carbons (Fsp3) is 0.100. The number of imidazole rings is 1. The van der Waals surface area contributed by atoms with Gasteiger partial charge < -0.3 is 4.57 Å². The topological polar surface area (TPSA) is 17.8 Å². The van der Waals surface area contributed by atoms with Gasteiger partial charge in [-0.05, 0) is 0 Å². The first-order chi connectivity index (χ1) is 5.88. The number of hydrogen-bond donors (Lipinski definition) is 0. The molecule has 2 aromatic rings. The number of rotatable bonds is 1. The summed E-state index contributed by atoms with van der Waals surface area (Å²) in [6.45, 7) is 0. The average Bonchev–Trinajstić information content (AvgIpc) is 2.53. The van der Waals surface area contributed by atoms with E-state index in [0.29, 0.717) is 0 Å². The van der Waals surface area contributed by atoms with Crippen LogP contribution < -0.4 is 0 Å². The van der Waals surface area contributed by atoms with E-state index in [0.717, 1.165) is 11.4 Å². The van der Waals surface area contributed by atoms with E-state index in [4.69, 9.17) is 0 Å². The van der Waals surface area contributed by atoms with Crippen molar-refractivity contribution in [2.75, 3.05) is 0 Å². The first-order valence-electron chi connectivity index (χ1n) is 3.82. The molecule has 0 bridgehead atoms. The molecule has 2 nitrogen and oxygen atoms in total. The summed E-state index contributed by atoms with van der Waals surface area (Å²) in [6.07, 6.45) is 3.71. The number of benzene rings is 1. The van der Waals surface area contributed by atoms with Crippen molar-refractivity contribution in [3.8, 4) is 11.4 Å². The molecule has 0 aliphatic carbocycles. The van der Waals surface area contributed by atoms with Crippen LogP contribution in [0.3, 0.4) is 0 Å². The van der Waals surface area contributed by atoms with E-state index in [1.165, 1.54) is 0 Å². The van der Waals surface area contributed by atoms with Crippen molar-refractivity contribution in [1.29, 1.82) is 0 Å². The fourth-order valence-electron chi connectivity index (χ4n) is 1.16. The summed E-state index contributed by atoms with van der Waals surface area (Å²) in [6, 6.07) is 11.0. The molecule has 0 aliphatic heterocycles. The number of hydrogen-bond acceptors (Lipinski definition) is 1. The van der Waals surface area contributed by atoms with Crippen molar-refractivity contribution in [2.45, 2.75) is 0 Å². The van der Waals surface area contributed by atoms with Crippen molar-refractivity contribution < 1.29 is 21.1 Å². The minimum Gasteiger partial charge on any atom is -0.373 e. The molecule has 0 saturated carbocycles. The van der Waals surface area contributed by atoms with Gasteiger partial charge in [-0.3, -0.25) is 4.98 Å². The smallest absolute Gasteiger partial charge is 0.0555 e. The van der Waals surface area contributed by atoms with Gasteiger partial charge in [-0.15, -0.1) is 35.9 Å². The molecule has 0 N–H and O–H groups in total. The van der Waals surface area contributed by atoms with E-state index in [1.54, 1.807) is 6.20 Å². The van der Waals surface area contributed by atoms with Gasteiger partial charge in [0.05, 0.1) is 5.82 Å². The Morgan fingerprint density at radius 1 is 1.38 bits per heavy atom. The van der Waals surface area contributed by atoms with E-state index >= 15 is 0 Å². The molecule has 0 aliphatic rings. The van der Waals surface area contributed by atoms with Crippen LogP contribution >= 0.6 is 0 Å². The maximum Gasteiger partial charge on any atom is 0.0555 e. The first-order valence-corrected chi connectivity index (χ1v) is 3.82. The van der Waals surface area contributed by atoms with Gasteiger partial charge in [0.2, 0.25) is 0 Å². The number of aromatic nitrogens is 2. The molecule has 0 atom stereocenters. The Hall–Kier alpha value is -0.882. The van der Waals surface area contributed by atoms with Crippen molar-refractivity contribution in [3.05, 3.63) is 42.7 Å². The van der Waals surface area contributed by atoms with E-state index < -0.39 is 0 Å². The van der Waals surface area contributed by atoms with Crippen LogP contribution in [0.1, 0.15) is 0 Å². The van der Waals surface area contributed by atoms with Crippen molar-refractivity contribution >= 4 is 0 Å². The Bertz CT molecular complexity index is 367. The molecule has 70 valence electrons. The largest absolute Gasteiger partial charge is 0.373 e. The van der Waals surface area contributed by atoms with Gasteiger partial charge in [0.25, 0.3) is 0 Å². The molecule has 0 saturated heterocycles. The summed E-state index contributed by atoms with van der Waals surface area (Å²) in [5, 5.41) is 0. The van der Waals surface area contributed by atoms with Crippen LogP contribution in [0, 0.1) is 6.07 Å². The molecule has 0 unspecified atom stereocenters. The third-order valence-electron chi connectivity index (χ3n) is 1.77. The van der Waals surface area contributed by atoms with Crippen LogP contribution in [0.5, 0.6) is 0 Å². The van der Waals surface area contributed by atoms with Gasteiger partial charge in [0.1, 0.15) is 0 Å². The Kier molecular flexibility index (Phi) is 3.44. The molecule has 0 amide bonds. The molecule has 13 heavy (non-hydrogen) atoms. The molecule has 0 fully saturated rings. The minimum absolute atomic E-state index is 0. The predicted octanol–water partition coefficient (Wildman–Crippen LogP) is 1.88. The molecular weight excluding hydrogens is 343 g/mol. The zero-order valence-electron chi connectivity index (χ0n) is 7.17. The third-order valence-corrected chi connectivity index (χ3v) is 1.77. The molecule has 1 heterocycles. The Labute approximate surface area is 91.9 Å². The average molecular weight is 352 g/mol. The quantitative estimate of drug-likeness (QED) is 0.717. The van der Waals surface area contributed by atoms with Crippen molar-refractivity contribution in [3.63, 3.8) is 0 Å². The molecule has 2 rings (SSSR count). The van der Waals surface area contributed by atoms with Crippen LogP contribution in [0.15, 0.2) is 36.7 Å². The summed E-state index contributed by atoms with van der Waals surface area (Å²) in [5.41, 5.74) is 1.03. The molecule has 1 aromatic heterocycles. The number of nitrogens with zero attached hydrogens (tertiary/aromatic N) is 2. The van der Waals surface area contributed by atoms with Crippen LogP contribution in [0.2, 0.25) is 0 Å². The molecule has 3 heteroatoms. The van der Waals surface area contributed by atoms with Gasteiger partial charge in [-0.1, -0.05) is 0 Å². The van der Waals surface area contributed by atoms with Crippen molar-refractivity contribution in [2.24, 2.45) is 7.05 Å². The fourth-order valence-corrected chi connectivity index (χ4v) is 1.16. The number of aryl methyl sites for hydroxylation is 1. The molecule has 0 radical (unpaired) electrons. The first kappa shape index (κ1) is 10.2. The van der Waals surface area contributed by atoms with Crippen LogP contribution in [-0.2, 0) is 28.1 Å². The Morgan fingerprint density at radius 3 is 2.77 bits per heavy atom. The van der Waals surface area contributed by atoms with E-state index in [-0.39, 0.29) is 21.1 Å². The van der Waals surface area contributed by atoms with Crippen LogP contribution in [0.25, 0.3) is 11.4 Å². The second kappa shape index (κ2) is 4.38. The monoisotopic (exact) mass is 352 g/mol. The van der Waals surface area contributed by atoms with Gasteiger partial charge in [0, 0.05) is 40.5 Å². The van der Waals surface area contributed by atoms with Gasteiger partial charge in [-0.2, -0.15) is 0 Å². The van der Waals surface area contributed by atoms with Gasteiger partial charge in [-0.25, -0.2) is 0 Å². The summed E-state index contributed by atoms with van der Waals surface area (Å²) < 4.78 is 1.98. The normalized spacial score (nSPS) is 9.31. The summed E-state index contributed by atoms with van der Waals surface area (Å²) >= 11 is 0.